The third-order valence-electron chi connectivity index (χ3n) is 3.90. The van der Waals surface area contributed by atoms with E-state index < -0.39 is 47.7 Å². The van der Waals surface area contributed by atoms with E-state index in [1.807, 2.05) is 0 Å². The van der Waals surface area contributed by atoms with Crippen LogP contribution in [0.5, 0.6) is 0 Å². The first-order valence-electron chi connectivity index (χ1n) is 7.94. The van der Waals surface area contributed by atoms with Gasteiger partial charge in [0.25, 0.3) is 0 Å². The molecule has 0 radical (unpaired) electrons. The zero-order valence-electron chi connectivity index (χ0n) is 14.3. The van der Waals surface area contributed by atoms with E-state index in [1.54, 1.807) is 27.7 Å². The first kappa shape index (κ1) is 18.5. The third-order valence-corrected chi connectivity index (χ3v) is 3.90. The monoisotopic (exact) mass is 344 g/mol. The van der Waals surface area contributed by atoms with Gasteiger partial charge in [-0.2, -0.15) is 5.06 Å². The van der Waals surface area contributed by atoms with E-state index in [0.29, 0.717) is 0 Å². The van der Waals surface area contributed by atoms with Crippen molar-refractivity contribution in [2.75, 3.05) is 13.2 Å². The number of esters is 2. The maximum atomic E-state index is 12.0. The molecule has 4 atom stereocenters. The number of alkyl carbamates (subject to hydrolysis) is 1. The second-order valence-electron chi connectivity index (χ2n) is 6.86. The fraction of sp³-hybridized carbons (Fsp3) is 0.800. The molecule has 2 aliphatic rings. The second-order valence-corrected chi connectivity index (χ2v) is 6.86. The minimum absolute atomic E-state index is 0.0747. The van der Waals surface area contributed by atoms with Crippen molar-refractivity contribution in [1.82, 2.24) is 10.4 Å². The van der Waals surface area contributed by atoms with Crippen molar-refractivity contribution in [3.05, 3.63) is 0 Å². The summed E-state index contributed by atoms with van der Waals surface area (Å²) in [6, 6.07) is -2.42. The van der Waals surface area contributed by atoms with Crippen LogP contribution < -0.4 is 5.32 Å². The van der Waals surface area contributed by atoms with Crippen molar-refractivity contribution in [1.29, 1.82) is 0 Å². The van der Waals surface area contributed by atoms with Crippen LogP contribution in [0.1, 0.15) is 34.1 Å². The van der Waals surface area contributed by atoms with Crippen LogP contribution in [0.25, 0.3) is 0 Å². The number of carbonyl (C=O) groups is 3. The molecule has 0 spiro atoms. The Bertz CT molecular complexity index is 516. The number of carbonyl (C=O) groups excluding carboxylic acids is 3. The Balaban J connectivity index is 2.10. The van der Waals surface area contributed by atoms with Crippen LogP contribution in [-0.2, 0) is 23.8 Å². The normalized spacial score (nSPS) is 30.3. The highest BCUT2D eigenvalue weighted by atomic mass is 16.6. The molecule has 0 aromatic heterocycles. The Hall–Kier alpha value is -1.87. The number of hydrogen-bond donors (Lipinski definition) is 2. The molecule has 2 aliphatic heterocycles. The maximum Gasteiger partial charge on any atom is 0.408 e. The van der Waals surface area contributed by atoms with Crippen molar-refractivity contribution < 1.29 is 33.8 Å². The van der Waals surface area contributed by atoms with Crippen molar-refractivity contribution >= 4 is 18.0 Å². The molecular formula is C15H24N2O7. The van der Waals surface area contributed by atoms with Crippen LogP contribution in [0, 0.1) is 5.92 Å². The second kappa shape index (κ2) is 6.94. The summed E-state index contributed by atoms with van der Waals surface area (Å²) in [5, 5.41) is 13.7. The number of hydrogen-bond acceptors (Lipinski definition) is 8. The lowest BCUT2D eigenvalue weighted by Gasteiger charge is -2.35. The number of rotatable bonds is 3. The van der Waals surface area contributed by atoms with Gasteiger partial charge < -0.3 is 24.7 Å². The van der Waals surface area contributed by atoms with Crippen molar-refractivity contribution in [3.63, 3.8) is 0 Å². The van der Waals surface area contributed by atoms with E-state index in [9.17, 15) is 19.6 Å². The highest BCUT2D eigenvalue weighted by Crippen LogP contribution is 2.35. The molecule has 0 aliphatic carbocycles. The number of amides is 1. The van der Waals surface area contributed by atoms with Gasteiger partial charge in [0, 0.05) is 0 Å². The zero-order valence-corrected chi connectivity index (χ0v) is 14.3. The molecule has 0 saturated carbocycles. The first-order valence-corrected chi connectivity index (χ1v) is 7.94. The molecule has 136 valence electrons. The molecule has 0 bridgehead atoms. The average Bonchev–Trinajstić information content (AvgIpc) is 2.79. The Kier molecular flexibility index (Phi) is 5.34. The molecular weight excluding hydrogens is 320 g/mol. The summed E-state index contributed by atoms with van der Waals surface area (Å²) in [5.41, 5.74) is -0.684. The first-order chi connectivity index (χ1) is 11.1. The quantitative estimate of drug-likeness (QED) is 0.560. The molecule has 0 aromatic rings. The molecule has 2 rings (SSSR count). The van der Waals surface area contributed by atoms with Gasteiger partial charge in [-0.05, 0) is 34.1 Å². The SMILES string of the molecule is CCOC(=O)[C@H]1C[C@@H]2C(=O)OC[C@@H](NC(=O)OC(C)(C)C)[C@@H]2N1O. The number of hydroxylamine groups is 2. The fourth-order valence-corrected chi connectivity index (χ4v) is 2.99. The highest BCUT2D eigenvalue weighted by Gasteiger charge is 2.54. The molecule has 9 heteroatoms. The summed E-state index contributed by atoms with van der Waals surface area (Å²) in [7, 11) is 0. The molecule has 2 N–H and O–H groups in total. The predicted molar refractivity (Wildman–Crippen MR) is 80.1 cm³/mol. The van der Waals surface area contributed by atoms with Gasteiger partial charge in [-0.15, -0.1) is 0 Å². The van der Waals surface area contributed by atoms with Crippen LogP contribution in [0.4, 0.5) is 4.79 Å². The maximum absolute atomic E-state index is 12.0. The number of ether oxygens (including phenoxy) is 3. The Morgan fingerprint density at radius 1 is 1.42 bits per heavy atom. The standard InChI is InChI=1S/C15H24N2O7/c1-5-22-13(19)10-6-8-11(17(10)21)9(7-23-12(8)18)16-14(20)24-15(2,3)4/h8-11,21H,5-7H2,1-4H3,(H,16,20)/t8-,9+,10+,11+/m0/s1. The van der Waals surface area contributed by atoms with E-state index in [-0.39, 0.29) is 19.6 Å². The Morgan fingerprint density at radius 3 is 2.67 bits per heavy atom. The number of nitrogens with zero attached hydrogens (tertiary/aromatic N) is 1. The molecule has 0 aromatic carbocycles. The topological polar surface area (TPSA) is 114 Å². The largest absolute Gasteiger partial charge is 0.465 e. The van der Waals surface area contributed by atoms with E-state index >= 15 is 0 Å². The van der Waals surface area contributed by atoms with Crippen molar-refractivity contribution in [2.45, 2.75) is 57.8 Å². The minimum atomic E-state index is -0.964. The third kappa shape index (κ3) is 3.96. The van der Waals surface area contributed by atoms with E-state index in [2.05, 4.69) is 5.32 Å². The van der Waals surface area contributed by atoms with Crippen LogP contribution in [0.15, 0.2) is 0 Å². The fourth-order valence-electron chi connectivity index (χ4n) is 2.99. The molecule has 2 heterocycles. The molecule has 9 nitrogen and oxygen atoms in total. The smallest absolute Gasteiger partial charge is 0.408 e. The van der Waals surface area contributed by atoms with E-state index in [1.165, 1.54) is 0 Å². The number of cyclic esters (lactones) is 1. The lowest BCUT2D eigenvalue weighted by atomic mass is 9.92. The molecule has 2 saturated heterocycles. The van der Waals surface area contributed by atoms with Gasteiger partial charge in [-0.25, -0.2) is 4.79 Å². The molecule has 0 unspecified atom stereocenters. The highest BCUT2D eigenvalue weighted by molar-refractivity contribution is 5.81. The lowest BCUT2D eigenvalue weighted by molar-refractivity contribution is -0.189. The average molecular weight is 344 g/mol. The summed E-state index contributed by atoms with van der Waals surface area (Å²) in [5.74, 6) is -1.84. The molecule has 1 amide bonds. The Labute approximate surface area is 140 Å². The predicted octanol–water partition coefficient (Wildman–Crippen LogP) is 0.448. The van der Waals surface area contributed by atoms with E-state index in [4.69, 9.17) is 14.2 Å². The van der Waals surface area contributed by atoms with Crippen molar-refractivity contribution in [3.8, 4) is 0 Å². The van der Waals surface area contributed by atoms with E-state index in [0.717, 1.165) is 5.06 Å². The summed E-state index contributed by atoms with van der Waals surface area (Å²) >= 11 is 0. The summed E-state index contributed by atoms with van der Waals surface area (Å²) < 4.78 is 15.2. The zero-order chi connectivity index (χ0) is 18.1. The van der Waals surface area contributed by atoms with Gasteiger partial charge >= 0.3 is 18.0 Å². The summed E-state index contributed by atoms with van der Waals surface area (Å²) in [6.07, 6.45) is -0.608. The van der Waals surface area contributed by atoms with Crippen LogP contribution in [0.2, 0.25) is 0 Å². The van der Waals surface area contributed by atoms with Crippen LogP contribution in [0.3, 0.4) is 0 Å². The number of nitrogens with one attached hydrogen (secondary N) is 1. The van der Waals surface area contributed by atoms with Gasteiger partial charge in [0.05, 0.1) is 24.6 Å². The lowest BCUT2D eigenvalue weighted by Crippen LogP contribution is -2.59. The molecule has 2 fully saturated rings. The summed E-state index contributed by atoms with van der Waals surface area (Å²) in [4.78, 5) is 35.8. The Morgan fingerprint density at radius 2 is 2.08 bits per heavy atom. The minimum Gasteiger partial charge on any atom is -0.465 e. The van der Waals surface area contributed by atoms with Gasteiger partial charge in [-0.1, -0.05) is 0 Å². The van der Waals surface area contributed by atoms with Crippen LogP contribution >= 0.6 is 0 Å². The van der Waals surface area contributed by atoms with Gasteiger partial charge in [0.1, 0.15) is 18.2 Å². The summed E-state index contributed by atoms with van der Waals surface area (Å²) in [6.45, 7) is 6.89. The van der Waals surface area contributed by atoms with Crippen LogP contribution in [-0.4, -0.2) is 65.2 Å². The van der Waals surface area contributed by atoms with Gasteiger partial charge in [-0.3, -0.25) is 9.59 Å². The number of fused-ring (bicyclic) bond motifs is 1. The van der Waals surface area contributed by atoms with Gasteiger partial charge in [0.15, 0.2) is 0 Å². The van der Waals surface area contributed by atoms with Crippen molar-refractivity contribution in [2.24, 2.45) is 5.92 Å². The molecule has 24 heavy (non-hydrogen) atoms. The van der Waals surface area contributed by atoms with Gasteiger partial charge in [0.2, 0.25) is 0 Å².